The van der Waals surface area contributed by atoms with E-state index >= 15 is 0 Å². The molecule has 0 saturated carbocycles. The number of hydrogen-bond donors (Lipinski definition) is 2. The van der Waals surface area contributed by atoms with E-state index in [0.29, 0.717) is 5.75 Å². The van der Waals surface area contributed by atoms with Gasteiger partial charge < -0.3 is 14.8 Å². The maximum Gasteiger partial charge on any atom is 0.169 e. The normalized spacial score (nSPS) is 12.4. The molecule has 0 aliphatic rings. The standard InChI is InChI=1S/C14H16BrNO2/c1-8-4-5-11(9(2)14(8)17)16-10(3)12-6-7-13(15)18-12/h4-7,10,16-17H,1-3H3. The number of benzene rings is 1. The minimum Gasteiger partial charge on any atom is -0.507 e. The molecule has 0 aliphatic carbocycles. The van der Waals surface area contributed by atoms with E-state index in [0.717, 1.165) is 27.2 Å². The fraction of sp³-hybridized carbons (Fsp3) is 0.286. The summed E-state index contributed by atoms with van der Waals surface area (Å²) < 4.78 is 6.22. The van der Waals surface area contributed by atoms with E-state index < -0.39 is 0 Å². The second kappa shape index (κ2) is 5.06. The van der Waals surface area contributed by atoms with Crippen molar-refractivity contribution in [3.8, 4) is 5.75 Å². The van der Waals surface area contributed by atoms with Gasteiger partial charge in [0, 0.05) is 11.3 Å². The van der Waals surface area contributed by atoms with E-state index in [2.05, 4.69) is 21.2 Å². The van der Waals surface area contributed by atoms with Crippen molar-refractivity contribution < 1.29 is 9.52 Å². The first-order valence-corrected chi connectivity index (χ1v) is 6.59. The fourth-order valence-corrected chi connectivity index (χ4v) is 2.18. The Balaban J connectivity index is 2.22. The van der Waals surface area contributed by atoms with Crippen molar-refractivity contribution in [1.82, 2.24) is 0 Å². The van der Waals surface area contributed by atoms with Crippen molar-refractivity contribution in [1.29, 1.82) is 0 Å². The topological polar surface area (TPSA) is 45.4 Å². The summed E-state index contributed by atoms with van der Waals surface area (Å²) in [6, 6.07) is 7.70. The lowest BCUT2D eigenvalue weighted by Gasteiger charge is -2.16. The molecule has 0 spiro atoms. The van der Waals surface area contributed by atoms with E-state index in [1.807, 2.05) is 45.0 Å². The van der Waals surface area contributed by atoms with Crippen LogP contribution in [0.2, 0.25) is 0 Å². The number of furan rings is 1. The van der Waals surface area contributed by atoms with Crippen LogP contribution in [0, 0.1) is 13.8 Å². The predicted molar refractivity (Wildman–Crippen MR) is 76.0 cm³/mol. The van der Waals surface area contributed by atoms with Crippen LogP contribution in [0.25, 0.3) is 0 Å². The Bertz CT molecular complexity index is 563. The summed E-state index contributed by atoms with van der Waals surface area (Å²) >= 11 is 3.29. The van der Waals surface area contributed by atoms with E-state index in [1.54, 1.807) is 0 Å². The molecule has 0 aliphatic heterocycles. The molecule has 1 heterocycles. The quantitative estimate of drug-likeness (QED) is 0.875. The van der Waals surface area contributed by atoms with Gasteiger partial charge >= 0.3 is 0 Å². The van der Waals surface area contributed by atoms with Crippen LogP contribution in [0.15, 0.2) is 33.4 Å². The Morgan fingerprint density at radius 3 is 2.56 bits per heavy atom. The first-order chi connectivity index (χ1) is 8.49. The van der Waals surface area contributed by atoms with Gasteiger partial charge in [-0.15, -0.1) is 0 Å². The molecule has 2 rings (SSSR count). The summed E-state index contributed by atoms with van der Waals surface area (Å²) in [5.74, 6) is 1.19. The average molecular weight is 310 g/mol. The number of phenols is 1. The monoisotopic (exact) mass is 309 g/mol. The number of nitrogens with one attached hydrogen (secondary N) is 1. The van der Waals surface area contributed by atoms with E-state index in [-0.39, 0.29) is 6.04 Å². The number of halogens is 1. The van der Waals surface area contributed by atoms with Gasteiger partial charge in [-0.05, 0) is 60.5 Å². The molecule has 1 aromatic heterocycles. The van der Waals surface area contributed by atoms with Crippen LogP contribution in [0.5, 0.6) is 5.75 Å². The molecule has 1 aromatic carbocycles. The van der Waals surface area contributed by atoms with Gasteiger partial charge in [0.1, 0.15) is 11.5 Å². The third-order valence-corrected chi connectivity index (χ3v) is 3.45. The van der Waals surface area contributed by atoms with E-state index in [4.69, 9.17) is 4.42 Å². The molecule has 0 fully saturated rings. The van der Waals surface area contributed by atoms with Crippen molar-refractivity contribution in [3.05, 3.63) is 45.8 Å². The number of rotatable bonds is 3. The number of phenolic OH excluding ortho intramolecular Hbond substituents is 1. The van der Waals surface area contributed by atoms with Gasteiger partial charge in [0.2, 0.25) is 0 Å². The zero-order chi connectivity index (χ0) is 13.3. The summed E-state index contributed by atoms with van der Waals surface area (Å²) in [4.78, 5) is 0. The molecule has 1 unspecified atom stereocenters. The maximum absolute atomic E-state index is 9.90. The Labute approximate surface area is 115 Å². The van der Waals surface area contributed by atoms with E-state index in [1.165, 1.54) is 0 Å². The van der Waals surface area contributed by atoms with Crippen LogP contribution in [0.3, 0.4) is 0 Å². The van der Waals surface area contributed by atoms with Crippen molar-refractivity contribution in [3.63, 3.8) is 0 Å². The Morgan fingerprint density at radius 2 is 1.94 bits per heavy atom. The predicted octanol–water partition coefficient (Wildman–Crippen LogP) is 4.54. The second-order valence-electron chi connectivity index (χ2n) is 4.41. The zero-order valence-electron chi connectivity index (χ0n) is 10.6. The average Bonchev–Trinajstić information content (AvgIpc) is 2.77. The molecular weight excluding hydrogens is 294 g/mol. The van der Waals surface area contributed by atoms with Crippen LogP contribution in [0.1, 0.15) is 29.9 Å². The number of anilines is 1. The Kier molecular flexibility index (Phi) is 3.66. The highest BCUT2D eigenvalue weighted by atomic mass is 79.9. The van der Waals surface area contributed by atoms with Crippen molar-refractivity contribution in [2.45, 2.75) is 26.8 Å². The highest BCUT2D eigenvalue weighted by molar-refractivity contribution is 9.10. The van der Waals surface area contributed by atoms with Gasteiger partial charge in [-0.2, -0.15) is 0 Å². The van der Waals surface area contributed by atoms with Crippen molar-refractivity contribution in [2.75, 3.05) is 5.32 Å². The first-order valence-electron chi connectivity index (χ1n) is 5.80. The minimum absolute atomic E-state index is 0.0390. The van der Waals surface area contributed by atoms with Crippen LogP contribution in [-0.4, -0.2) is 5.11 Å². The SMILES string of the molecule is Cc1ccc(NC(C)c2ccc(Br)o2)c(C)c1O. The van der Waals surface area contributed by atoms with Gasteiger partial charge in [-0.25, -0.2) is 0 Å². The summed E-state index contributed by atoms with van der Waals surface area (Å²) in [5, 5.41) is 13.2. The molecule has 2 N–H and O–H groups in total. The molecule has 18 heavy (non-hydrogen) atoms. The molecule has 3 nitrogen and oxygen atoms in total. The Morgan fingerprint density at radius 1 is 1.22 bits per heavy atom. The first kappa shape index (κ1) is 13.0. The lowest BCUT2D eigenvalue weighted by Crippen LogP contribution is -2.06. The van der Waals surface area contributed by atoms with Gasteiger partial charge in [-0.3, -0.25) is 0 Å². The molecule has 0 saturated heterocycles. The van der Waals surface area contributed by atoms with Gasteiger partial charge in [0.25, 0.3) is 0 Å². The molecule has 2 aromatic rings. The third kappa shape index (κ3) is 2.53. The highest BCUT2D eigenvalue weighted by Gasteiger charge is 2.12. The second-order valence-corrected chi connectivity index (χ2v) is 5.19. The third-order valence-electron chi connectivity index (χ3n) is 3.03. The van der Waals surface area contributed by atoms with Crippen LogP contribution in [0.4, 0.5) is 5.69 Å². The molecule has 4 heteroatoms. The summed E-state index contributed by atoms with van der Waals surface area (Å²) in [7, 11) is 0. The van der Waals surface area contributed by atoms with Crippen LogP contribution >= 0.6 is 15.9 Å². The fourth-order valence-electron chi connectivity index (χ4n) is 1.86. The van der Waals surface area contributed by atoms with Gasteiger partial charge in [-0.1, -0.05) is 6.07 Å². The maximum atomic E-state index is 9.90. The zero-order valence-corrected chi connectivity index (χ0v) is 12.2. The molecular formula is C14H16BrNO2. The van der Waals surface area contributed by atoms with Crippen molar-refractivity contribution >= 4 is 21.6 Å². The summed E-state index contributed by atoms with van der Waals surface area (Å²) in [5.41, 5.74) is 2.65. The summed E-state index contributed by atoms with van der Waals surface area (Å²) in [6.45, 7) is 5.80. The summed E-state index contributed by atoms with van der Waals surface area (Å²) in [6.07, 6.45) is 0. The molecule has 0 bridgehead atoms. The molecule has 0 radical (unpaired) electrons. The Hall–Kier alpha value is -1.42. The van der Waals surface area contributed by atoms with Gasteiger partial charge in [0.15, 0.2) is 4.67 Å². The van der Waals surface area contributed by atoms with Crippen molar-refractivity contribution in [2.24, 2.45) is 0 Å². The minimum atomic E-state index is 0.0390. The van der Waals surface area contributed by atoms with Crippen LogP contribution < -0.4 is 5.32 Å². The smallest absolute Gasteiger partial charge is 0.169 e. The van der Waals surface area contributed by atoms with Gasteiger partial charge in [0.05, 0.1) is 6.04 Å². The molecule has 96 valence electrons. The van der Waals surface area contributed by atoms with E-state index in [9.17, 15) is 5.11 Å². The number of hydrogen-bond acceptors (Lipinski definition) is 3. The number of aryl methyl sites for hydroxylation is 1. The lowest BCUT2D eigenvalue weighted by molar-refractivity contribution is 0.464. The molecule has 0 amide bonds. The highest BCUT2D eigenvalue weighted by Crippen LogP contribution is 2.31. The number of aromatic hydroxyl groups is 1. The molecule has 1 atom stereocenters. The lowest BCUT2D eigenvalue weighted by atomic mass is 10.1. The largest absolute Gasteiger partial charge is 0.507 e. The van der Waals surface area contributed by atoms with Crippen LogP contribution in [-0.2, 0) is 0 Å².